The zero-order chi connectivity index (χ0) is 16.0. The molecule has 1 fully saturated rings. The molecule has 1 saturated carbocycles. The smallest absolute Gasteiger partial charge is 0.130 e. The zero-order valence-electron chi connectivity index (χ0n) is 12.3. The molecule has 4 heteroatoms. The van der Waals surface area contributed by atoms with Crippen LogP contribution in [0.15, 0.2) is 46.4 Å². The Balaban J connectivity index is 2.04. The van der Waals surface area contributed by atoms with E-state index in [0.717, 1.165) is 45.2 Å². The van der Waals surface area contributed by atoms with Crippen molar-refractivity contribution >= 4 is 21.5 Å². The molecule has 1 aliphatic carbocycles. The van der Waals surface area contributed by atoms with Gasteiger partial charge in [0.05, 0.1) is 6.07 Å². The van der Waals surface area contributed by atoms with E-state index in [-0.39, 0.29) is 5.82 Å². The van der Waals surface area contributed by atoms with Crippen LogP contribution < -0.4 is 4.74 Å². The molecule has 0 radical (unpaired) electrons. The first-order valence-electron chi connectivity index (χ1n) is 7.53. The molecule has 23 heavy (non-hydrogen) atoms. The van der Waals surface area contributed by atoms with Crippen LogP contribution in [0.2, 0.25) is 0 Å². The lowest BCUT2D eigenvalue weighted by atomic mass is 9.89. The fourth-order valence-electron chi connectivity index (χ4n) is 3.06. The van der Waals surface area contributed by atoms with E-state index in [0.29, 0.717) is 18.3 Å². The van der Waals surface area contributed by atoms with E-state index in [1.807, 2.05) is 18.2 Å². The topological polar surface area (TPSA) is 33.0 Å². The van der Waals surface area contributed by atoms with Crippen LogP contribution in [0.25, 0.3) is 5.57 Å². The summed E-state index contributed by atoms with van der Waals surface area (Å²) in [4.78, 5) is 0. The molecule has 2 nitrogen and oxygen atoms in total. The molecule has 0 aromatic heterocycles. The van der Waals surface area contributed by atoms with Crippen molar-refractivity contribution in [2.24, 2.45) is 5.92 Å². The Bertz CT molecular complexity index is 822. The summed E-state index contributed by atoms with van der Waals surface area (Å²) in [7, 11) is 0. The molecule has 0 amide bonds. The Hall–Kier alpha value is -2.12. The van der Waals surface area contributed by atoms with Gasteiger partial charge in [-0.3, -0.25) is 0 Å². The van der Waals surface area contributed by atoms with Gasteiger partial charge in [-0.15, -0.1) is 0 Å². The number of fused-ring (bicyclic) bond motifs is 2. The molecule has 0 bridgehead atoms. The fourth-order valence-corrected chi connectivity index (χ4v) is 3.47. The number of nitriles is 1. The van der Waals surface area contributed by atoms with Crippen molar-refractivity contribution in [1.29, 1.82) is 5.26 Å². The highest BCUT2D eigenvalue weighted by Crippen LogP contribution is 2.46. The van der Waals surface area contributed by atoms with Crippen molar-refractivity contribution in [3.8, 4) is 11.8 Å². The molecule has 4 rings (SSSR count). The molecule has 0 N–H and O–H groups in total. The predicted octanol–water partition coefficient (Wildman–Crippen LogP) is 5.22. The maximum Gasteiger partial charge on any atom is 0.130 e. The van der Waals surface area contributed by atoms with E-state index >= 15 is 0 Å². The second kappa shape index (κ2) is 5.50. The Kier molecular flexibility index (Phi) is 3.46. The predicted molar refractivity (Wildman–Crippen MR) is 89.2 cm³/mol. The van der Waals surface area contributed by atoms with Crippen LogP contribution in [-0.2, 0) is 6.61 Å². The first kappa shape index (κ1) is 14.5. The lowest BCUT2D eigenvalue weighted by Gasteiger charge is -2.13. The van der Waals surface area contributed by atoms with Gasteiger partial charge in [0.15, 0.2) is 0 Å². The fraction of sp³-hybridized carbons (Fsp3) is 0.211. The summed E-state index contributed by atoms with van der Waals surface area (Å²) in [6.07, 6.45) is 2.07. The summed E-state index contributed by atoms with van der Waals surface area (Å²) in [6, 6.07) is 12.9. The summed E-state index contributed by atoms with van der Waals surface area (Å²) in [5, 5.41) is 9.71. The molecule has 2 aromatic rings. The second-order valence-electron chi connectivity index (χ2n) is 5.91. The van der Waals surface area contributed by atoms with Gasteiger partial charge in [0.25, 0.3) is 0 Å². The van der Waals surface area contributed by atoms with Crippen molar-refractivity contribution in [3.63, 3.8) is 0 Å². The van der Waals surface area contributed by atoms with E-state index in [2.05, 4.69) is 22.0 Å². The van der Waals surface area contributed by atoms with Crippen molar-refractivity contribution in [2.75, 3.05) is 0 Å². The van der Waals surface area contributed by atoms with Gasteiger partial charge in [-0.05, 0) is 54.2 Å². The standard InChI is InChI=1S/C19H13BrFNO/c20-13-3-5-15-12(7-13)10-23-18-8-14(21)4-6-16(18)19(15)17(9-22)11-1-2-11/h3-8,11H,1-2,10H2. The van der Waals surface area contributed by atoms with Crippen LogP contribution in [0.5, 0.6) is 5.75 Å². The van der Waals surface area contributed by atoms with Crippen molar-refractivity contribution in [2.45, 2.75) is 19.4 Å². The molecule has 0 atom stereocenters. The third-order valence-corrected chi connectivity index (χ3v) is 4.80. The van der Waals surface area contributed by atoms with E-state index < -0.39 is 0 Å². The molecule has 1 aliphatic heterocycles. The van der Waals surface area contributed by atoms with Crippen molar-refractivity contribution in [3.05, 3.63) is 69.0 Å². The first-order valence-corrected chi connectivity index (χ1v) is 8.32. The zero-order valence-corrected chi connectivity index (χ0v) is 13.9. The minimum atomic E-state index is -0.333. The second-order valence-corrected chi connectivity index (χ2v) is 6.82. The average Bonchev–Trinajstić information content (AvgIpc) is 3.37. The molecule has 2 aromatic carbocycles. The van der Waals surface area contributed by atoms with E-state index in [9.17, 15) is 9.65 Å². The highest BCUT2D eigenvalue weighted by molar-refractivity contribution is 9.10. The van der Waals surface area contributed by atoms with Gasteiger partial charge >= 0.3 is 0 Å². The van der Waals surface area contributed by atoms with Crippen LogP contribution in [-0.4, -0.2) is 0 Å². The van der Waals surface area contributed by atoms with Crippen molar-refractivity contribution < 1.29 is 9.13 Å². The monoisotopic (exact) mass is 369 g/mol. The van der Waals surface area contributed by atoms with Gasteiger partial charge in [0.2, 0.25) is 0 Å². The van der Waals surface area contributed by atoms with Crippen LogP contribution in [0.3, 0.4) is 0 Å². The normalized spacial score (nSPS) is 18.1. The highest BCUT2D eigenvalue weighted by Gasteiger charge is 2.32. The molecular formula is C19H13BrFNO. The number of hydrogen-bond acceptors (Lipinski definition) is 2. The number of hydrogen-bond donors (Lipinski definition) is 0. The van der Waals surface area contributed by atoms with Crippen LogP contribution in [0, 0.1) is 23.1 Å². The van der Waals surface area contributed by atoms with Crippen LogP contribution >= 0.6 is 15.9 Å². The van der Waals surface area contributed by atoms with Gasteiger partial charge in [-0.25, -0.2) is 4.39 Å². The number of benzene rings is 2. The maximum atomic E-state index is 13.6. The minimum Gasteiger partial charge on any atom is -0.488 e. The Morgan fingerprint density at radius 2 is 1.96 bits per heavy atom. The van der Waals surface area contributed by atoms with E-state index in [1.165, 1.54) is 12.1 Å². The molecule has 0 unspecified atom stereocenters. The summed E-state index contributed by atoms with van der Waals surface area (Å²) < 4.78 is 20.4. The minimum absolute atomic E-state index is 0.308. The summed E-state index contributed by atoms with van der Waals surface area (Å²) in [5.74, 6) is 0.475. The summed E-state index contributed by atoms with van der Waals surface area (Å²) in [6.45, 7) is 0.359. The van der Waals surface area contributed by atoms with Crippen LogP contribution in [0.4, 0.5) is 4.39 Å². The van der Waals surface area contributed by atoms with Gasteiger partial charge in [0, 0.05) is 27.2 Å². The molecule has 114 valence electrons. The quantitative estimate of drug-likeness (QED) is 0.645. The number of nitrogens with zero attached hydrogens (tertiary/aromatic N) is 1. The third-order valence-electron chi connectivity index (χ3n) is 4.31. The molecule has 2 aliphatic rings. The number of allylic oxidation sites excluding steroid dienone is 1. The Morgan fingerprint density at radius 3 is 2.70 bits per heavy atom. The van der Waals surface area contributed by atoms with Gasteiger partial charge in [-0.1, -0.05) is 22.0 Å². The lowest BCUT2D eigenvalue weighted by Crippen LogP contribution is -1.97. The van der Waals surface area contributed by atoms with Gasteiger partial charge in [0.1, 0.15) is 18.2 Å². The highest BCUT2D eigenvalue weighted by atomic mass is 79.9. The van der Waals surface area contributed by atoms with E-state index in [4.69, 9.17) is 4.74 Å². The van der Waals surface area contributed by atoms with Crippen LogP contribution in [0.1, 0.15) is 29.5 Å². The molecular weight excluding hydrogens is 357 g/mol. The number of halogens is 2. The molecule has 0 spiro atoms. The lowest BCUT2D eigenvalue weighted by molar-refractivity contribution is 0.305. The SMILES string of the molecule is N#CC(=C1c2ccc(Br)cc2COc2cc(F)ccc21)C1CC1. The maximum absolute atomic E-state index is 13.6. The largest absolute Gasteiger partial charge is 0.488 e. The third kappa shape index (κ3) is 2.55. The van der Waals surface area contributed by atoms with Gasteiger partial charge in [-0.2, -0.15) is 5.26 Å². The Morgan fingerprint density at radius 1 is 1.17 bits per heavy atom. The number of ether oxygens (including phenoxy) is 1. The van der Waals surface area contributed by atoms with E-state index in [1.54, 1.807) is 6.07 Å². The summed E-state index contributed by atoms with van der Waals surface area (Å²) in [5.41, 5.74) is 4.48. The van der Waals surface area contributed by atoms with Crippen molar-refractivity contribution in [1.82, 2.24) is 0 Å². The number of rotatable bonds is 1. The average molecular weight is 370 g/mol. The Labute approximate surface area is 142 Å². The first-order chi connectivity index (χ1) is 11.2. The van der Waals surface area contributed by atoms with Gasteiger partial charge < -0.3 is 4.74 Å². The molecule has 0 saturated heterocycles. The summed E-state index contributed by atoms with van der Waals surface area (Å²) >= 11 is 3.48. The molecule has 1 heterocycles.